The summed E-state index contributed by atoms with van der Waals surface area (Å²) in [5.74, 6) is 1.34. The molecule has 0 radical (unpaired) electrons. The Hall–Kier alpha value is -2.72. The van der Waals surface area contributed by atoms with Gasteiger partial charge in [-0.1, -0.05) is 35.3 Å². The predicted molar refractivity (Wildman–Crippen MR) is 170 cm³/mol. The molecule has 0 saturated carbocycles. The lowest BCUT2D eigenvalue weighted by Crippen LogP contribution is -2.49. The summed E-state index contributed by atoms with van der Waals surface area (Å²) in [6.45, 7) is 8.65. The number of anilines is 2. The highest BCUT2D eigenvalue weighted by Crippen LogP contribution is 2.23. The van der Waals surface area contributed by atoms with Crippen LogP contribution in [0.3, 0.4) is 0 Å². The summed E-state index contributed by atoms with van der Waals surface area (Å²) in [6, 6.07) is 23.2. The zero-order valence-corrected chi connectivity index (χ0v) is 25.3. The smallest absolute Gasteiger partial charge is 0.119 e. The van der Waals surface area contributed by atoms with Crippen LogP contribution in [0, 0.1) is 0 Å². The van der Waals surface area contributed by atoms with Crippen molar-refractivity contribution in [2.45, 2.75) is 12.2 Å². The Morgan fingerprint density at radius 2 is 0.952 bits per heavy atom. The van der Waals surface area contributed by atoms with Gasteiger partial charge in [-0.25, -0.2) is 0 Å². The SMILES string of the molecule is O[C@@H](COc1ccc(OC[C@H](O)CN2CCN(c3cccc(Cl)c3)CC2)cc1)CN1CCN(c2cccc(Cl)c2)CC1. The fraction of sp³-hybridized carbons (Fsp3) is 0.438. The van der Waals surface area contributed by atoms with E-state index in [2.05, 4.69) is 31.7 Å². The summed E-state index contributed by atoms with van der Waals surface area (Å²) < 4.78 is 11.6. The number of ether oxygens (including phenoxy) is 2. The normalized spacial score (nSPS) is 18.1. The van der Waals surface area contributed by atoms with Crippen molar-refractivity contribution in [1.82, 2.24) is 9.80 Å². The molecular formula is C32H40Cl2N4O4. The summed E-state index contributed by atoms with van der Waals surface area (Å²) in [5, 5.41) is 22.6. The number of piperazine rings is 2. The van der Waals surface area contributed by atoms with Crippen LogP contribution in [0.15, 0.2) is 72.8 Å². The van der Waals surface area contributed by atoms with Gasteiger partial charge in [0.15, 0.2) is 0 Å². The van der Waals surface area contributed by atoms with Gasteiger partial charge in [0.1, 0.15) is 36.9 Å². The summed E-state index contributed by atoms with van der Waals surface area (Å²) in [4.78, 5) is 9.16. The van der Waals surface area contributed by atoms with E-state index in [-0.39, 0.29) is 13.2 Å². The standard InChI is InChI=1S/C32H40Cl2N4O4/c33-25-3-1-5-27(19-25)37-15-11-35(12-16-37)21-29(39)23-41-31-7-9-32(10-8-31)42-24-30(40)22-36-13-17-38(18-14-36)28-6-2-4-26(34)20-28/h1-10,19-20,29-30,39-40H,11-18,21-24H2/t29-,30-/m1/s1. The Morgan fingerprint density at radius 1 is 0.571 bits per heavy atom. The monoisotopic (exact) mass is 614 g/mol. The first-order valence-corrected chi connectivity index (χ1v) is 15.3. The highest BCUT2D eigenvalue weighted by atomic mass is 35.5. The molecule has 0 aromatic heterocycles. The average molecular weight is 616 g/mol. The molecule has 2 atom stereocenters. The van der Waals surface area contributed by atoms with Gasteiger partial charge in [-0.15, -0.1) is 0 Å². The van der Waals surface area contributed by atoms with Crippen LogP contribution < -0.4 is 19.3 Å². The third kappa shape index (κ3) is 9.14. The number of halogens is 2. The average Bonchev–Trinajstić information content (AvgIpc) is 3.00. The van der Waals surface area contributed by atoms with Crippen molar-refractivity contribution in [2.75, 3.05) is 88.5 Å². The topological polar surface area (TPSA) is 71.9 Å². The van der Waals surface area contributed by atoms with Gasteiger partial charge in [-0.05, 0) is 60.7 Å². The number of aliphatic hydroxyl groups excluding tert-OH is 2. The van der Waals surface area contributed by atoms with E-state index in [9.17, 15) is 10.2 Å². The van der Waals surface area contributed by atoms with E-state index in [4.69, 9.17) is 32.7 Å². The molecule has 2 fully saturated rings. The van der Waals surface area contributed by atoms with E-state index in [0.717, 1.165) is 73.8 Å². The van der Waals surface area contributed by atoms with E-state index in [1.807, 2.05) is 60.7 Å². The van der Waals surface area contributed by atoms with Crippen molar-refractivity contribution < 1.29 is 19.7 Å². The van der Waals surface area contributed by atoms with Crippen LogP contribution in [0.4, 0.5) is 11.4 Å². The molecule has 226 valence electrons. The largest absolute Gasteiger partial charge is 0.491 e. The molecule has 2 aliphatic rings. The molecule has 5 rings (SSSR count). The maximum atomic E-state index is 10.5. The summed E-state index contributed by atoms with van der Waals surface area (Å²) in [6.07, 6.45) is -1.16. The molecule has 8 nitrogen and oxygen atoms in total. The number of nitrogens with zero attached hydrogens (tertiary/aromatic N) is 4. The second kappa shape index (κ2) is 15.1. The van der Waals surface area contributed by atoms with Gasteiger partial charge < -0.3 is 29.5 Å². The van der Waals surface area contributed by atoms with Crippen LogP contribution in [-0.4, -0.2) is 111 Å². The van der Waals surface area contributed by atoms with Crippen molar-refractivity contribution in [3.8, 4) is 11.5 Å². The lowest BCUT2D eigenvalue weighted by Gasteiger charge is -2.37. The summed E-state index contributed by atoms with van der Waals surface area (Å²) in [5.41, 5.74) is 2.27. The number of hydrogen-bond donors (Lipinski definition) is 2. The molecule has 2 heterocycles. The van der Waals surface area contributed by atoms with Gasteiger partial charge in [0.25, 0.3) is 0 Å². The highest BCUT2D eigenvalue weighted by molar-refractivity contribution is 6.31. The van der Waals surface area contributed by atoms with Crippen molar-refractivity contribution in [2.24, 2.45) is 0 Å². The van der Waals surface area contributed by atoms with Gasteiger partial charge in [0.2, 0.25) is 0 Å². The molecule has 3 aromatic rings. The number of benzene rings is 3. The Labute approximate surface area is 258 Å². The van der Waals surface area contributed by atoms with E-state index < -0.39 is 12.2 Å². The molecule has 3 aromatic carbocycles. The predicted octanol–water partition coefficient (Wildman–Crippen LogP) is 4.12. The van der Waals surface area contributed by atoms with E-state index in [1.165, 1.54) is 0 Å². The Bertz CT molecular complexity index is 1150. The molecule has 0 amide bonds. The minimum atomic E-state index is -0.582. The summed E-state index contributed by atoms with van der Waals surface area (Å²) >= 11 is 12.3. The van der Waals surface area contributed by atoms with E-state index >= 15 is 0 Å². The van der Waals surface area contributed by atoms with Crippen molar-refractivity contribution in [3.63, 3.8) is 0 Å². The zero-order chi connectivity index (χ0) is 29.3. The van der Waals surface area contributed by atoms with Crippen molar-refractivity contribution in [1.29, 1.82) is 0 Å². The fourth-order valence-corrected chi connectivity index (χ4v) is 5.81. The molecule has 10 heteroatoms. The van der Waals surface area contributed by atoms with Crippen LogP contribution in [0.1, 0.15) is 0 Å². The second-order valence-corrected chi connectivity index (χ2v) is 11.8. The minimum absolute atomic E-state index is 0.220. The Morgan fingerprint density at radius 3 is 1.31 bits per heavy atom. The lowest BCUT2D eigenvalue weighted by atomic mass is 10.2. The van der Waals surface area contributed by atoms with Gasteiger partial charge in [-0.2, -0.15) is 0 Å². The van der Waals surface area contributed by atoms with Crippen molar-refractivity contribution >= 4 is 34.6 Å². The Balaban J connectivity index is 0.956. The third-order valence-corrected chi connectivity index (χ3v) is 8.21. The first kappa shape index (κ1) is 30.7. The number of aliphatic hydroxyl groups is 2. The number of rotatable bonds is 12. The highest BCUT2D eigenvalue weighted by Gasteiger charge is 2.21. The van der Waals surface area contributed by atoms with Crippen molar-refractivity contribution in [3.05, 3.63) is 82.8 Å². The minimum Gasteiger partial charge on any atom is -0.491 e. The van der Waals surface area contributed by atoms with Crippen LogP contribution >= 0.6 is 23.2 Å². The van der Waals surface area contributed by atoms with Crippen LogP contribution in [0.5, 0.6) is 11.5 Å². The molecule has 0 bridgehead atoms. The van der Waals surface area contributed by atoms with Crippen LogP contribution in [0.25, 0.3) is 0 Å². The van der Waals surface area contributed by atoms with Gasteiger partial charge >= 0.3 is 0 Å². The maximum absolute atomic E-state index is 10.5. The number of hydrogen-bond acceptors (Lipinski definition) is 8. The lowest BCUT2D eigenvalue weighted by molar-refractivity contribution is 0.0650. The second-order valence-electron chi connectivity index (χ2n) is 10.9. The Kier molecular flexibility index (Phi) is 11.1. The number of β-amino-alcohol motifs (C(OH)–C–C–N with tert-alkyl or cyclic N) is 2. The molecule has 42 heavy (non-hydrogen) atoms. The first-order valence-electron chi connectivity index (χ1n) is 14.6. The van der Waals surface area contributed by atoms with Gasteiger partial charge in [0.05, 0.1) is 0 Å². The van der Waals surface area contributed by atoms with E-state index in [0.29, 0.717) is 24.6 Å². The molecular weight excluding hydrogens is 575 g/mol. The van der Waals surface area contributed by atoms with Gasteiger partial charge in [-0.3, -0.25) is 9.80 Å². The molecule has 2 aliphatic heterocycles. The third-order valence-electron chi connectivity index (χ3n) is 7.74. The first-order chi connectivity index (χ1) is 20.4. The quantitative estimate of drug-likeness (QED) is 0.316. The molecule has 2 saturated heterocycles. The molecule has 0 aliphatic carbocycles. The molecule has 0 unspecified atom stereocenters. The summed E-state index contributed by atoms with van der Waals surface area (Å²) in [7, 11) is 0. The van der Waals surface area contributed by atoms with Crippen LogP contribution in [0.2, 0.25) is 10.0 Å². The molecule has 0 spiro atoms. The maximum Gasteiger partial charge on any atom is 0.119 e. The fourth-order valence-electron chi connectivity index (χ4n) is 5.44. The van der Waals surface area contributed by atoms with Gasteiger partial charge in [0, 0.05) is 86.9 Å². The van der Waals surface area contributed by atoms with Crippen LogP contribution in [-0.2, 0) is 0 Å². The molecule has 2 N–H and O–H groups in total. The zero-order valence-electron chi connectivity index (χ0n) is 23.8. The van der Waals surface area contributed by atoms with E-state index in [1.54, 1.807) is 0 Å².